The molecular formula is C18H19FO3. The van der Waals surface area contributed by atoms with Crippen LogP contribution >= 0.6 is 0 Å². The first kappa shape index (κ1) is 16.0. The molecule has 0 aliphatic carbocycles. The minimum absolute atomic E-state index is 0.325. The highest BCUT2D eigenvalue weighted by Gasteiger charge is 2.11. The fourth-order valence-corrected chi connectivity index (χ4v) is 2.09. The standard InChI is InChI=1S/C18H19FO3/c1-3-4-8-22-17-11-14(9-15(12-17)18(20)21-2)13-6-5-7-16(19)10-13/h5-7,9-12H,3-4,8H2,1-2H3. The molecule has 0 bridgehead atoms. The fraction of sp³-hybridized carbons (Fsp3) is 0.278. The van der Waals surface area contributed by atoms with Gasteiger partial charge in [0.25, 0.3) is 0 Å². The maximum atomic E-state index is 13.4. The molecule has 0 aromatic heterocycles. The van der Waals surface area contributed by atoms with Crippen molar-refractivity contribution < 1.29 is 18.7 Å². The Balaban J connectivity index is 2.39. The van der Waals surface area contributed by atoms with E-state index in [2.05, 4.69) is 6.92 Å². The monoisotopic (exact) mass is 302 g/mol. The molecule has 116 valence electrons. The third-order valence-corrected chi connectivity index (χ3v) is 3.25. The highest BCUT2D eigenvalue weighted by molar-refractivity contribution is 5.91. The molecule has 0 saturated heterocycles. The van der Waals surface area contributed by atoms with E-state index in [1.165, 1.54) is 19.2 Å². The van der Waals surface area contributed by atoms with E-state index in [-0.39, 0.29) is 5.82 Å². The highest BCUT2D eigenvalue weighted by atomic mass is 19.1. The molecule has 0 heterocycles. The van der Waals surface area contributed by atoms with Gasteiger partial charge >= 0.3 is 5.97 Å². The molecule has 4 heteroatoms. The molecule has 2 rings (SSSR count). The van der Waals surface area contributed by atoms with E-state index in [1.807, 2.05) is 0 Å². The molecule has 0 aliphatic rings. The van der Waals surface area contributed by atoms with Gasteiger partial charge < -0.3 is 9.47 Å². The number of methoxy groups -OCH3 is 1. The number of unbranched alkanes of at least 4 members (excludes halogenated alkanes) is 1. The van der Waals surface area contributed by atoms with E-state index >= 15 is 0 Å². The summed E-state index contributed by atoms with van der Waals surface area (Å²) in [5.41, 5.74) is 1.79. The third-order valence-electron chi connectivity index (χ3n) is 3.25. The van der Waals surface area contributed by atoms with Gasteiger partial charge in [-0.2, -0.15) is 0 Å². The lowest BCUT2D eigenvalue weighted by atomic mass is 10.0. The van der Waals surface area contributed by atoms with Gasteiger partial charge in [0.15, 0.2) is 0 Å². The van der Waals surface area contributed by atoms with E-state index in [0.717, 1.165) is 12.8 Å². The number of benzene rings is 2. The second kappa shape index (κ2) is 7.59. The van der Waals surface area contributed by atoms with Gasteiger partial charge in [0.1, 0.15) is 11.6 Å². The molecule has 3 nitrogen and oxygen atoms in total. The molecule has 0 unspecified atom stereocenters. The molecular weight excluding hydrogens is 283 g/mol. The first-order valence-corrected chi connectivity index (χ1v) is 7.26. The summed E-state index contributed by atoms with van der Waals surface area (Å²) < 4.78 is 23.8. The number of hydrogen-bond acceptors (Lipinski definition) is 3. The van der Waals surface area contributed by atoms with Crippen LogP contribution in [0.3, 0.4) is 0 Å². The molecule has 0 amide bonds. The summed E-state index contributed by atoms with van der Waals surface area (Å²) in [5, 5.41) is 0. The average Bonchev–Trinajstić information content (AvgIpc) is 2.54. The van der Waals surface area contributed by atoms with Gasteiger partial charge in [-0.25, -0.2) is 9.18 Å². The predicted molar refractivity (Wildman–Crippen MR) is 83.6 cm³/mol. The van der Waals surface area contributed by atoms with Gasteiger partial charge in [0.2, 0.25) is 0 Å². The number of hydrogen-bond donors (Lipinski definition) is 0. The molecule has 0 atom stereocenters. The van der Waals surface area contributed by atoms with Crippen LogP contribution in [0.5, 0.6) is 5.75 Å². The molecule has 0 fully saturated rings. The number of halogens is 1. The fourth-order valence-electron chi connectivity index (χ4n) is 2.09. The van der Waals surface area contributed by atoms with Crippen molar-refractivity contribution in [2.75, 3.05) is 13.7 Å². The molecule has 0 spiro atoms. The zero-order chi connectivity index (χ0) is 15.9. The molecule has 22 heavy (non-hydrogen) atoms. The van der Waals surface area contributed by atoms with E-state index in [0.29, 0.717) is 29.0 Å². The number of rotatable bonds is 6. The van der Waals surface area contributed by atoms with Gasteiger partial charge in [0.05, 0.1) is 19.3 Å². The second-order valence-corrected chi connectivity index (χ2v) is 4.95. The molecule has 2 aromatic carbocycles. The number of ether oxygens (including phenoxy) is 2. The van der Waals surface area contributed by atoms with Crippen molar-refractivity contribution in [1.29, 1.82) is 0 Å². The lowest BCUT2D eigenvalue weighted by Crippen LogP contribution is -2.03. The Kier molecular flexibility index (Phi) is 5.53. The van der Waals surface area contributed by atoms with Crippen LogP contribution in [0, 0.1) is 5.82 Å². The van der Waals surface area contributed by atoms with Crippen molar-refractivity contribution in [2.45, 2.75) is 19.8 Å². The topological polar surface area (TPSA) is 35.5 Å². The third kappa shape index (κ3) is 4.07. The summed E-state index contributed by atoms with van der Waals surface area (Å²) in [6.45, 7) is 2.65. The Hall–Kier alpha value is -2.36. The normalized spacial score (nSPS) is 10.3. The molecule has 2 aromatic rings. The van der Waals surface area contributed by atoms with Crippen molar-refractivity contribution in [3.8, 4) is 16.9 Å². The maximum Gasteiger partial charge on any atom is 0.338 e. The molecule has 0 saturated carbocycles. The van der Waals surface area contributed by atoms with Gasteiger partial charge in [0, 0.05) is 0 Å². The van der Waals surface area contributed by atoms with Crippen LogP contribution in [-0.4, -0.2) is 19.7 Å². The summed E-state index contributed by atoms with van der Waals surface area (Å²) in [4.78, 5) is 11.8. The minimum Gasteiger partial charge on any atom is -0.494 e. The molecule has 0 radical (unpaired) electrons. The van der Waals surface area contributed by atoms with Crippen molar-refractivity contribution in [3.63, 3.8) is 0 Å². The summed E-state index contributed by atoms with van der Waals surface area (Å²) >= 11 is 0. The van der Waals surface area contributed by atoms with E-state index in [1.54, 1.807) is 30.3 Å². The van der Waals surface area contributed by atoms with E-state index in [4.69, 9.17) is 9.47 Å². The maximum absolute atomic E-state index is 13.4. The Morgan fingerprint density at radius 2 is 1.95 bits per heavy atom. The van der Waals surface area contributed by atoms with Crippen molar-refractivity contribution in [2.24, 2.45) is 0 Å². The summed E-state index contributed by atoms with van der Waals surface area (Å²) in [5.74, 6) is -0.191. The van der Waals surface area contributed by atoms with Crippen molar-refractivity contribution >= 4 is 5.97 Å². The van der Waals surface area contributed by atoms with Crippen LogP contribution in [0.4, 0.5) is 4.39 Å². The lowest BCUT2D eigenvalue weighted by Gasteiger charge is -2.11. The Morgan fingerprint density at radius 1 is 1.14 bits per heavy atom. The summed E-state index contributed by atoms with van der Waals surface area (Å²) in [6.07, 6.45) is 1.95. The van der Waals surface area contributed by atoms with E-state index in [9.17, 15) is 9.18 Å². The lowest BCUT2D eigenvalue weighted by molar-refractivity contribution is 0.0600. The number of carbonyl (C=O) groups is 1. The first-order chi connectivity index (χ1) is 10.6. The van der Waals surface area contributed by atoms with Gasteiger partial charge in [-0.1, -0.05) is 25.5 Å². The summed E-state index contributed by atoms with van der Waals surface area (Å²) in [7, 11) is 1.33. The Labute approximate surface area is 129 Å². The molecule has 0 N–H and O–H groups in total. The quantitative estimate of drug-likeness (QED) is 0.584. The van der Waals surface area contributed by atoms with Crippen LogP contribution in [0.15, 0.2) is 42.5 Å². The van der Waals surface area contributed by atoms with Gasteiger partial charge in [-0.15, -0.1) is 0 Å². The van der Waals surface area contributed by atoms with Crippen LogP contribution in [0.2, 0.25) is 0 Å². The largest absolute Gasteiger partial charge is 0.494 e. The SMILES string of the molecule is CCCCOc1cc(C(=O)OC)cc(-c2cccc(F)c2)c1. The van der Waals surface area contributed by atoms with Crippen molar-refractivity contribution in [1.82, 2.24) is 0 Å². The first-order valence-electron chi connectivity index (χ1n) is 7.26. The second-order valence-electron chi connectivity index (χ2n) is 4.95. The zero-order valence-corrected chi connectivity index (χ0v) is 12.8. The highest BCUT2D eigenvalue weighted by Crippen LogP contribution is 2.27. The van der Waals surface area contributed by atoms with Crippen LogP contribution in [-0.2, 0) is 4.74 Å². The predicted octanol–water partition coefficient (Wildman–Crippen LogP) is 4.46. The van der Waals surface area contributed by atoms with Gasteiger partial charge in [-0.05, 0) is 47.9 Å². The Bertz CT molecular complexity index is 653. The van der Waals surface area contributed by atoms with E-state index < -0.39 is 5.97 Å². The smallest absolute Gasteiger partial charge is 0.338 e. The number of carbonyl (C=O) groups excluding carboxylic acids is 1. The minimum atomic E-state index is -0.446. The van der Waals surface area contributed by atoms with Crippen LogP contribution in [0.25, 0.3) is 11.1 Å². The summed E-state index contributed by atoms with van der Waals surface area (Å²) in [6, 6.07) is 11.3. The average molecular weight is 302 g/mol. The van der Waals surface area contributed by atoms with Crippen molar-refractivity contribution in [3.05, 3.63) is 53.8 Å². The van der Waals surface area contributed by atoms with Gasteiger partial charge in [-0.3, -0.25) is 0 Å². The Morgan fingerprint density at radius 3 is 2.64 bits per heavy atom. The van der Waals surface area contributed by atoms with Crippen LogP contribution < -0.4 is 4.74 Å². The zero-order valence-electron chi connectivity index (χ0n) is 12.8. The van der Waals surface area contributed by atoms with Crippen LogP contribution in [0.1, 0.15) is 30.1 Å². The number of esters is 1. The molecule has 0 aliphatic heterocycles.